The molecule has 0 spiro atoms. The van der Waals surface area contributed by atoms with E-state index >= 15 is 0 Å². The highest BCUT2D eigenvalue weighted by molar-refractivity contribution is 6.03. The van der Waals surface area contributed by atoms with Crippen molar-refractivity contribution in [1.82, 2.24) is 9.97 Å². The highest BCUT2D eigenvalue weighted by atomic mass is 16.4. The van der Waals surface area contributed by atoms with E-state index in [-0.39, 0.29) is 5.56 Å². The van der Waals surface area contributed by atoms with Crippen LogP contribution >= 0.6 is 0 Å². The van der Waals surface area contributed by atoms with Crippen molar-refractivity contribution in [3.05, 3.63) is 125 Å². The number of nitrogens with zero attached hydrogens (tertiary/aromatic N) is 2. The third kappa shape index (κ3) is 5.34. The lowest BCUT2D eigenvalue weighted by Crippen LogP contribution is -2.17. The molecule has 1 N–H and O–H groups in total. The summed E-state index contributed by atoms with van der Waals surface area (Å²) in [6, 6.07) is 26.1. The van der Waals surface area contributed by atoms with Crippen molar-refractivity contribution in [3.63, 3.8) is 0 Å². The third-order valence-corrected chi connectivity index (χ3v) is 9.73. The summed E-state index contributed by atoms with van der Waals surface area (Å²) in [6.45, 7) is 4.79. The lowest BCUT2D eigenvalue weighted by atomic mass is 9.72. The quantitative estimate of drug-likeness (QED) is 0.231. The van der Waals surface area contributed by atoms with Gasteiger partial charge in [0.25, 0.3) is 0 Å². The van der Waals surface area contributed by atoms with E-state index in [0.29, 0.717) is 17.5 Å². The molecule has 2 aromatic heterocycles. The number of carbonyl (C=O) groups is 1. The maximum Gasteiger partial charge on any atom is 0.337 e. The first kappa shape index (κ1) is 28.2. The zero-order valence-electron chi connectivity index (χ0n) is 25.5. The van der Waals surface area contributed by atoms with Gasteiger partial charge in [0.2, 0.25) is 0 Å². The van der Waals surface area contributed by atoms with Crippen LogP contribution in [0, 0.1) is 11.8 Å². The summed E-state index contributed by atoms with van der Waals surface area (Å²) >= 11 is 0. The zero-order valence-corrected chi connectivity index (χ0v) is 25.5. The predicted octanol–water partition coefficient (Wildman–Crippen LogP) is 10.0. The summed E-state index contributed by atoms with van der Waals surface area (Å²) in [6.07, 6.45) is 15.6. The molecule has 2 unspecified atom stereocenters. The van der Waals surface area contributed by atoms with Gasteiger partial charge in [-0.2, -0.15) is 0 Å². The van der Waals surface area contributed by atoms with Crippen molar-refractivity contribution in [3.8, 4) is 11.1 Å². The number of pyridine rings is 2. The molecule has 1 saturated carbocycles. The van der Waals surface area contributed by atoms with Gasteiger partial charge in [-0.3, -0.25) is 0 Å². The number of aromatic carboxylic acids is 1. The fraction of sp³-hybridized carbons (Fsp3) is 0.275. The first-order chi connectivity index (χ1) is 21.5. The average molecular weight is 579 g/mol. The number of rotatable bonds is 3. The molecular formula is C40H38N2O2. The normalized spacial score (nSPS) is 19.4. The number of aromatic nitrogens is 2. The standard InChI is InChI=1S/C31H32.C9H6N2O2/c1-20-12-14-26-27-15-13-24-18-25(22-8-6-7-9-22)19-29(23-10-4-3-5-11-23)31(24)30(27)17-21(2)28(26)16-20;12-9(13)7-4-6-2-1-3-10-8(6)11-5-7/h3-5,10-15,18-22H,6-9,16-17H2,1-2H3;1-5H,(H,12,13). The van der Waals surface area contributed by atoms with Crippen LogP contribution in [0.3, 0.4) is 0 Å². The second-order valence-corrected chi connectivity index (χ2v) is 12.8. The zero-order chi connectivity index (χ0) is 30.2. The number of carboxylic acid groups (broad SMARTS) is 1. The van der Waals surface area contributed by atoms with Gasteiger partial charge in [0.1, 0.15) is 0 Å². The SMILES string of the molecule is CC1C=CC2=C(C1)C(C)Cc1c2ccc2cc(C3CCCC3)cc(-c3ccccc3)c12.O=C(O)c1cnc2ncccc2c1. The molecule has 0 saturated heterocycles. The first-order valence-corrected chi connectivity index (χ1v) is 16.0. The molecule has 2 heterocycles. The summed E-state index contributed by atoms with van der Waals surface area (Å²) in [4.78, 5) is 18.5. The van der Waals surface area contributed by atoms with E-state index < -0.39 is 5.97 Å². The van der Waals surface area contributed by atoms with Gasteiger partial charge < -0.3 is 5.11 Å². The van der Waals surface area contributed by atoms with E-state index in [1.54, 1.807) is 41.1 Å². The highest BCUT2D eigenvalue weighted by Gasteiger charge is 2.29. The van der Waals surface area contributed by atoms with Crippen LogP contribution < -0.4 is 0 Å². The van der Waals surface area contributed by atoms with Crippen LogP contribution in [0.2, 0.25) is 0 Å². The van der Waals surface area contributed by atoms with E-state index in [2.05, 4.69) is 90.6 Å². The molecule has 1 fully saturated rings. The van der Waals surface area contributed by atoms with Gasteiger partial charge >= 0.3 is 5.97 Å². The van der Waals surface area contributed by atoms with Crippen LogP contribution in [-0.2, 0) is 6.42 Å². The van der Waals surface area contributed by atoms with Gasteiger partial charge in [0, 0.05) is 17.8 Å². The van der Waals surface area contributed by atoms with E-state index in [1.165, 1.54) is 71.3 Å². The Kier molecular flexibility index (Phi) is 7.59. The Hall–Kier alpha value is -4.57. The van der Waals surface area contributed by atoms with Crippen LogP contribution in [0.25, 0.3) is 38.5 Å². The Balaban J connectivity index is 0.000000201. The second-order valence-electron chi connectivity index (χ2n) is 12.8. The molecule has 8 rings (SSSR count). The molecular weight excluding hydrogens is 540 g/mol. The monoisotopic (exact) mass is 578 g/mol. The number of carboxylic acids is 1. The van der Waals surface area contributed by atoms with Gasteiger partial charge in [-0.25, -0.2) is 14.8 Å². The average Bonchev–Trinajstić information content (AvgIpc) is 3.60. The van der Waals surface area contributed by atoms with E-state index in [0.717, 1.165) is 17.7 Å². The summed E-state index contributed by atoms with van der Waals surface area (Å²) in [5.74, 6) is 1.05. The maximum atomic E-state index is 10.6. The fourth-order valence-electron chi connectivity index (χ4n) is 7.50. The van der Waals surface area contributed by atoms with Crippen molar-refractivity contribution in [2.24, 2.45) is 11.8 Å². The molecule has 3 aromatic carbocycles. The van der Waals surface area contributed by atoms with Crippen molar-refractivity contribution < 1.29 is 9.90 Å². The van der Waals surface area contributed by atoms with E-state index in [1.807, 2.05) is 0 Å². The van der Waals surface area contributed by atoms with Crippen LogP contribution in [0.15, 0.2) is 103 Å². The molecule has 0 aliphatic heterocycles. The molecule has 4 heteroatoms. The van der Waals surface area contributed by atoms with Crippen molar-refractivity contribution in [2.45, 2.75) is 58.3 Å². The first-order valence-electron chi connectivity index (χ1n) is 16.0. The minimum atomic E-state index is -0.974. The van der Waals surface area contributed by atoms with Gasteiger partial charge in [-0.05, 0) is 106 Å². The Labute approximate surface area is 259 Å². The molecule has 0 bridgehead atoms. The number of hydrogen-bond donors (Lipinski definition) is 1. The number of fused-ring (bicyclic) bond motifs is 5. The lowest BCUT2D eigenvalue weighted by Gasteiger charge is -2.32. The molecule has 3 aliphatic carbocycles. The van der Waals surface area contributed by atoms with Gasteiger partial charge in [0.15, 0.2) is 5.65 Å². The summed E-state index contributed by atoms with van der Waals surface area (Å²) in [5, 5.41) is 12.4. The van der Waals surface area contributed by atoms with Crippen LogP contribution in [0.4, 0.5) is 0 Å². The molecule has 3 aliphatic rings. The number of benzene rings is 3. The molecule has 44 heavy (non-hydrogen) atoms. The highest BCUT2D eigenvalue weighted by Crippen LogP contribution is 2.47. The lowest BCUT2D eigenvalue weighted by molar-refractivity contribution is 0.0696. The van der Waals surface area contributed by atoms with Crippen LogP contribution in [-0.4, -0.2) is 21.0 Å². The number of hydrogen-bond acceptors (Lipinski definition) is 3. The van der Waals surface area contributed by atoms with Crippen LogP contribution in [0.1, 0.15) is 78.9 Å². The van der Waals surface area contributed by atoms with Crippen LogP contribution in [0.5, 0.6) is 0 Å². The molecule has 5 aromatic rings. The summed E-state index contributed by atoms with van der Waals surface area (Å²) in [5.41, 5.74) is 11.3. The Bertz CT molecular complexity index is 1930. The van der Waals surface area contributed by atoms with E-state index in [4.69, 9.17) is 5.11 Å². The summed E-state index contributed by atoms with van der Waals surface area (Å²) in [7, 11) is 0. The maximum absolute atomic E-state index is 10.6. The van der Waals surface area contributed by atoms with Crippen molar-refractivity contribution in [1.29, 1.82) is 0 Å². The van der Waals surface area contributed by atoms with Gasteiger partial charge in [-0.1, -0.05) is 99.0 Å². The van der Waals surface area contributed by atoms with Gasteiger partial charge in [0.05, 0.1) is 5.56 Å². The largest absolute Gasteiger partial charge is 0.478 e. The minimum Gasteiger partial charge on any atom is -0.478 e. The van der Waals surface area contributed by atoms with Gasteiger partial charge in [-0.15, -0.1) is 0 Å². The molecule has 4 nitrogen and oxygen atoms in total. The molecule has 2 atom stereocenters. The molecule has 220 valence electrons. The Morgan fingerprint density at radius 1 is 0.841 bits per heavy atom. The molecule has 0 radical (unpaired) electrons. The third-order valence-electron chi connectivity index (χ3n) is 9.73. The van der Waals surface area contributed by atoms with Crippen molar-refractivity contribution >= 4 is 33.3 Å². The smallest absolute Gasteiger partial charge is 0.337 e. The summed E-state index contributed by atoms with van der Waals surface area (Å²) < 4.78 is 0. The fourth-order valence-corrected chi connectivity index (χ4v) is 7.50. The predicted molar refractivity (Wildman–Crippen MR) is 180 cm³/mol. The minimum absolute atomic E-state index is 0.181. The van der Waals surface area contributed by atoms with Crippen molar-refractivity contribution in [2.75, 3.05) is 0 Å². The topological polar surface area (TPSA) is 63.1 Å². The molecule has 0 amide bonds. The Morgan fingerprint density at radius 2 is 1.66 bits per heavy atom. The Morgan fingerprint density at radius 3 is 2.45 bits per heavy atom. The second kappa shape index (κ2) is 11.8. The van der Waals surface area contributed by atoms with E-state index in [9.17, 15) is 4.79 Å². The number of allylic oxidation sites excluding steroid dienone is 4.